The van der Waals surface area contributed by atoms with Gasteiger partial charge in [-0.3, -0.25) is 9.59 Å². The number of halogens is 2. The summed E-state index contributed by atoms with van der Waals surface area (Å²) in [6, 6.07) is 13.4. The molecule has 0 spiro atoms. The summed E-state index contributed by atoms with van der Waals surface area (Å²) in [6.07, 6.45) is 1.48. The second-order valence-electron chi connectivity index (χ2n) is 4.54. The standard InChI is InChI=1S/C16H13Cl2N3O2/c17-13-6-4-11(5-7-13)9-20-21-15(22)10-19-16(23)12-2-1-3-14(18)8-12/h1-9H,10H2,(H,19,23)(H,21,22). The van der Waals surface area contributed by atoms with Crippen molar-refractivity contribution in [3.8, 4) is 0 Å². The summed E-state index contributed by atoms with van der Waals surface area (Å²) in [6.45, 7) is -0.191. The molecule has 0 aromatic heterocycles. The highest BCUT2D eigenvalue weighted by atomic mass is 35.5. The van der Waals surface area contributed by atoms with Crippen molar-refractivity contribution in [2.45, 2.75) is 0 Å². The van der Waals surface area contributed by atoms with Crippen molar-refractivity contribution in [2.24, 2.45) is 5.10 Å². The Kier molecular flexibility index (Phi) is 6.14. The molecule has 2 aromatic rings. The average Bonchev–Trinajstić information content (AvgIpc) is 2.54. The van der Waals surface area contributed by atoms with Crippen molar-refractivity contribution in [1.82, 2.24) is 10.7 Å². The van der Waals surface area contributed by atoms with E-state index < -0.39 is 5.91 Å². The molecule has 7 heteroatoms. The molecular weight excluding hydrogens is 337 g/mol. The van der Waals surface area contributed by atoms with Crippen molar-refractivity contribution in [3.05, 3.63) is 69.7 Å². The summed E-state index contributed by atoms with van der Waals surface area (Å²) in [4.78, 5) is 23.4. The largest absolute Gasteiger partial charge is 0.343 e. The second-order valence-corrected chi connectivity index (χ2v) is 5.41. The van der Waals surface area contributed by atoms with Gasteiger partial charge in [-0.05, 0) is 35.9 Å². The van der Waals surface area contributed by atoms with Crippen molar-refractivity contribution >= 4 is 41.2 Å². The molecule has 0 bridgehead atoms. The minimum Gasteiger partial charge on any atom is -0.343 e. The summed E-state index contributed by atoms with van der Waals surface area (Å²) in [5, 5.41) is 7.35. The van der Waals surface area contributed by atoms with Crippen LogP contribution in [0.3, 0.4) is 0 Å². The molecule has 0 saturated heterocycles. The van der Waals surface area contributed by atoms with E-state index in [2.05, 4.69) is 15.8 Å². The van der Waals surface area contributed by atoms with E-state index in [-0.39, 0.29) is 12.5 Å². The molecule has 2 N–H and O–H groups in total. The minimum absolute atomic E-state index is 0.191. The van der Waals surface area contributed by atoms with E-state index in [1.54, 1.807) is 42.5 Å². The number of hydrogen-bond donors (Lipinski definition) is 2. The Bertz CT molecular complexity index is 730. The third-order valence-corrected chi connectivity index (χ3v) is 3.26. The normalized spacial score (nSPS) is 10.5. The second kappa shape index (κ2) is 8.31. The van der Waals surface area contributed by atoms with E-state index in [0.717, 1.165) is 5.56 Å². The van der Waals surface area contributed by atoms with Crippen molar-refractivity contribution in [2.75, 3.05) is 6.54 Å². The van der Waals surface area contributed by atoms with Crippen molar-refractivity contribution in [3.63, 3.8) is 0 Å². The number of nitrogens with one attached hydrogen (secondary N) is 2. The van der Waals surface area contributed by atoms with Crippen LogP contribution >= 0.6 is 23.2 Å². The van der Waals surface area contributed by atoms with Crippen LogP contribution in [0.1, 0.15) is 15.9 Å². The molecule has 5 nitrogen and oxygen atoms in total. The fourth-order valence-electron chi connectivity index (χ4n) is 1.66. The maximum atomic E-state index is 11.8. The van der Waals surface area contributed by atoms with Crippen LogP contribution in [0.15, 0.2) is 53.6 Å². The first kappa shape index (κ1) is 17.0. The number of amides is 2. The Hall–Kier alpha value is -2.37. The number of hydrazone groups is 1. The van der Waals surface area contributed by atoms with Crippen LogP contribution in [0.25, 0.3) is 0 Å². The van der Waals surface area contributed by atoms with Gasteiger partial charge >= 0.3 is 0 Å². The monoisotopic (exact) mass is 349 g/mol. The summed E-state index contributed by atoms with van der Waals surface area (Å²) in [5.41, 5.74) is 3.49. The molecule has 2 amide bonds. The zero-order valence-electron chi connectivity index (χ0n) is 11.9. The van der Waals surface area contributed by atoms with E-state index in [4.69, 9.17) is 23.2 Å². The topological polar surface area (TPSA) is 70.6 Å². The van der Waals surface area contributed by atoms with Gasteiger partial charge in [-0.1, -0.05) is 41.4 Å². The quantitative estimate of drug-likeness (QED) is 0.643. The molecule has 0 heterocycles. The van der Waals surface area contributed by atoms with E-state index in [9.17, 15) is 9.59 Å². The fourth-order valence-corrected chi connectivity index (χ4v) is 1.98. The van der Waals surface area contributed by atoms with Gasteiger partial charge in [0.25, 0.3) is 11.8 Å². The van der Waals surface area contributed by atoms with Gasteiger partial charge in [0, 0.05) is 15.6 Å². The van der Waals surface area contributed by atoms with Crippen LogP contribution in [-0.4, -0.2) is 24.6 Å². The van der Waals surface area contributed by atoms with Crippen LogP contribution in [0, 0.1) is 0 Å². The van der Waals surface area contributed by atoms with E-state index in [1.807, 2.05) is 0 Å². The van der Waals surface area contributed by atoms with E-state index in [0.29, 0.717) is 15.6 Å². The summed E-state index contributed by atoms with van der Waals surface area (Å²) in [7, 11) is 0. The van der Waals surface area contributed by atoms with E-state index >= 15 is 0 Å². The SMILES string of the molecule is O=C(CNC(=O)c1cccc(Cl)c1)NN=Cc1ccc(Cl)cc1. The molecule has 0 atom stereocenters. The number of carbonyl (C=O) groups excluding carboxylic acids is 2. The van der Waals surface area contributed by atoms with Gasteiger partial charge in [-0.2, -0.15) is 5.10 Å². The van der Waals surface area contributed by atoms with Gasteiger partial charge in [0.15, 0.2) is 0 Å². The van der Waals surface area contributed by atoms with Crippen LogP contribution in [-0.2, 0) is 4.79 Å². The number of benzene rings is 2. The first-order valence-corrected chi connectivity index (χ1v) is 7.41. The highest BCUT2D eigenvalue weighted by molar-refractivity contribution is 6.31. The predicted octanol–water partition coefficient (Wildman–Crippen LogP) is 2.87. The first-order valence-electron chi connectivity index (χ1n) is 6.66. The van der Waals surface area contributed by atoms with Gasteiger partial charge in [-0.25, -0.2) is 5.43 Å². The Labute approximate surface area is 143 Å². The highest BCUT2D eigenvalue weighted by Crippen LogP contribution is 2.10. The van der Waals surface area contributed by atoms with Crippen molar-refractivity contribution < 1.29 is 9.59 Å². The molecule has 0 fully saturated rings. The number of nitrogens with zero attached hydrogens (tertiary/aromatic N) is 1. The van der Waals surface area contributed by atoms with Gasteiger partial charge < -0.3 is 5.32 Å². The fraction of sp³-hybridized carbons (Fsp3) is 0.0625. The van der Waals surface area contributed by atoms with E-state index in [1.165, 1.54) is 12.3 Å². The molecule has 0 radical (unpaired) electrons. The Morgan fingerprint density at radius 1 is 1.04 bits per heavy atom. The Balaban J connectivity index is 1.78. The Morgan fingerprint density at radius 3 is 2.48 bits per heavy atom. The molecule has 0 aliphatic heterocycles. The van der Waals surface area contributed by atoms with Gasteiger partial charge in [0.2, 0.25) is 0 Å². The molecule has 2 rings (SSSR count). The van der Waals surface area contributed by atoms with Crippen LogP contribution < -0.4 is 10.7 Å². The van der Waals surface area contributed by atoms with Crippen LogP contribution in [0.4, 0.5) is 0 Å². The lowest BCUT2D eigenvalue weighted by atomic mass is 10.2. The minimum atomic E-state index is -0.439. The molecule has 0 aliphatic carbocycles. The maximum Gasteiger partial charge on any atom is 0.259 e. The molecule has 0 saturated carbocycles. The van der Waals surface area contributed by atoms with Crippen molar-refractivity contribution in [1.29, 1.82) is 0 Å². The lowest BCUT2D eigenvalue weighted by Gasteiger charge is -2.04. The summed E-state index contributed by atoms with van der Waals surface area (Å²) in [5.74, 6) is -0.824. The molecule has 23 heavy (non-hydrogen) atoms. The van der Waals surface area contributed by atoms with Crippen LogP contribution in [0.5, 0.6) is 0 Å². The smallest absolute Gasteiger partial charge is 0.259 e. The third kappa shape index (κ3) is 5.73. The average molecular weight is 350 g/mol. The molecule has 0 unspecified atom stereocenters. The maximum absolute atomic E-state index is 11.8. The number of hydrogen-bond acceptors (Lipinski definition) is 3. The number of carbonyl (C=O) groups is 2. The van der Waals surface area contributed by atoms with Gasteiger partial charge in [0.1, 0.15) is 0 Å². The number of rotatable bonds is 5. The zero-order valence-corrected chi connectivity index (χ0v) is 13.4. The molecule has 118 valence electrons. The molecule has 2 aromatic carbocycles. The lowest BCUT2D eigenvalue weighted by molar-refractivity contribution is -0.120. The highest BCUT2D eigenvalue weighted by Gasteiger charge is 2.07. The first-order chi connectivity index (χ1) is 11.0. The van der Waals surface area contributed by atoms with Gasteiger partial charge in [-0.15, -0.1) is 0 Å². The van der Waals surface area contributed by atoms with Gasteiger partial charge in [0.05, 0.1) is 12.8 Å². The Morgan fingerprint density at radius 2 is 1.78 bits per heavy atom. The predicted molar refractivity (Wildman–Crippen MR) is 91.0 cm³/mol. The zero-order chi connectivity index (χ0) is 16.7. The molecule has 0 aliphatic rings. The molecular formula is C16H13Cl2N3O2. The lowest BCUT2D eigenvalue weighted by Crippen LogP contribution is -2.34. The third-order valence-electron chi connectivity index (χ3n) is 2.77. The summed E-state index contributed by atoms with van der Waals surface area (Å²) >= 11 is 11.6. The summed E-state index contributed by atoms with van der Waals surface area (Å²) < 4.78 is 0. The van der Waals surface area contributed by atoms with Crippen LogP contribution in [0.2, 0.25) is 10.0 Å².